The van der Waals surface area contributed by atoms with Gasteiger partial charge >= 0.3 is 0 Å². The second-order valence-corrected chi connectivity index (χ2v) is 9.75. The normalized spacial score (nSPS) is 12.0. The molecule has 0 aromatic heterocycles. The lowest BCUT2D eigenvalue weighted by Crippen LogP contribution is -2.29. The van der Waals surface area contributed by atoms with Crippen LogP contribution in [0.3, 0.4) is 0 Å². The van der Waals surface area contributed by atoms with Gasteiger partial charge in [0, 0.05) is 20.7 Å². The van der Waals surface area contributed by atoms with Crippen LogP contribution in [-0.2, 0) is 24.8 Å². The zero-order valence-corrected chi connectivity index (χ0v) is 17.8. The monoisotopic (exact) mass is 428 g/mol. The van der Waals surface area contributed by atoms with Crippen molar-refractivity contribution in [1.29, 1.82) is 0 Å². The van der Waals surface area contributed by atoms with E-state index in [4.69, 9.17) is 9.47 Å². The molecule has 0 aliphatic heterocycles. The highest BCUT2D eigenvalue weighted by atomic mass is 32.2. The third-order valence-corrected chi connectivity index (χ3v) is 7.32. The molecule has 0 aliphatic carbocycles. The highest BCUT2D eigenvalue weighted by Crippen LogP contribution is 2.33. The quantitative estimate of drug-likeness (QED) is 0.611. The lowest BCUT2D eigenvalue weighted by atomic mass is 10.2. The molecule has 154 valence electrons. The van der Waals surface area contributed by atoms with Crippen molar-refractivity contribution in [1.82, 2.24) is 4.72 Å². The van der Waals surface area contributed by atoms with E-state index in [1.165, 1.54) is 51.6 Å². The lowest BCUT2D eigenvalue weighted by molar-refractivity contribution is 0.204. The molecular weight excluding hydrogens is 404 g/mol. The number of sulfonamides is 2. The van der Waals surface area contributed by atoms with Crippen LogP contribution in [0.15, 0.2) is 52.3 Å². The van der Waals surface area contributed by atoms with Crippen LogP contribution in [0.2, 0.25) is 0 Å². The van der Waals surface area contributed by atoms with Crippen molar-refractivity contribution in [3.05, 3.63) is 48.0 Å². The smallest absolute Gasteiger partial charge is 0.264 e. The summed E-state index contributed by atoms with van der Waals surface area (Å²) in [5.41, 5.74) is 1.03. The molecule has 0 unspecified atom stereocenters. The lowest BCUT2D eigenvalue weighted by Gasteiger charge is -2.22. The largest absolute Gasteiger partial charge is 0.495 e. The van der Waals surface area contributed by atoms with E-state index < -0.39 is 20.0 Å². The predicted molar refractivity (Wildman–Crippen MR) is 107 cm³/mol. The Labute approximate surface area is 166 Å². The van der Waals surface area contributed by atoms with Gasteiger partial charge in [0.15, 0.2) is 0 Å². The van der Waals surface area contributed by atoms with Gasteiger partial charge in [0.25, 0.3) is 10.0 Å². The molecule has 0 aliphatic rings. The zero-order chi connectivity index (χ0) is 20.9. The molecule has 0 bridgehead atoms. The summed E-state index contributed by atoms with van der Waals surface area (Å²) in [4.78, 5) is 0.0134. The molecule has 8 nitrogen and oxygen atoms in total. The summed E-state index contributed by atoms with van der Waals surface area (Å²) in [6.07, 6.45) is 0. The van der Waals surface area contributed by atoms with Gasteiger partial charge in [0.1, 0.15) is 5.75 Å². The van der Waals surface area contributed by atoms with Crippen LogP contribution in [0, 0.1) is 6.92 Å². The van der Waals surface area contributed by atoms with Crippen molar-refractivity contribution >= 4 is 25.7 Å². The molecule has 0 heterocycles. The summed E-state index contributed by atoms with van der Waals surface area (Å²) >= 11 is 0. The molecule has 2 aromatic rings. The van der Waals surface area contributed by atoms with Crippen LogP contribution in [0.5, 0.6) is 5.75 Å². The fourth-order valence-electron chi connectivity index (χ4n) is 2.44. The first-order chi connectivity index (χ1) is 13.1. The standard InChI is InChI=1S/C18H24N2O6S2/c1-14-5-7-15(8-6-14)28(23,24)20(2)17-13-16(9-10-18(17)26-4)27(21,22)19-11-12-25-3/h5-10,13,19H,11-12H2,1-4H3. The Balaban J connectivity index is 2.47. The second kappa shape index (κ2) is 8.91. The maximum absolute atomic E-state index is 13.0. The van der Waals surface area contributed by atoms with Crippen LogP contribution in [-0.4, -0.2) is 51.3 Å². The zero-order valence-electron chi connectivity index (χ0n) is 16.2. The van der Waals surface area contributed by atoms with Gasteiger partial charge in [-0.25, -0.2) is 21.6 Å². The predicted octanol–water partition coefficient (Wildman–Crippen LogP) is 1.75. The average Bonchev–Trinajstić information content (AvgIpc) is 2.67. The van der Waals surface area contributed by atoms with Gasteiger partial charge in [-0.15, -0.1) is 0 Å². The Bertz CT molecular complexity index is 1020. The average molecular weight is 429 g/mol. The van der Waals surface area contributed by atoms with Crippen molar-refractivity contribution in [3.63, 3.8) is 0 Å². The highest BCUT2D eigenvalue weighted by Gasteiger charge is 2.26. The van der Waals surface area contributed by atoms with E-state index >= 15 is 0 Å². The number of hydrogen-bond donors (Lipinski definition) is 1. The molecule has 2 aromatic carbocycles. The number of anilines is 1. The summed E-state index contributed by atoms with van der Waals surface area (Å²) in [7, 11) is -3.55. The van der Waals surface area contributed by atoms with Gasteiger partial charge in [0.2, 0.25) is 10.0 Å². The first-order valence-corrected chi connectivity index (χ1v) is 11.3. The molecule has 0 amide bonds. The third-order valence-electron chi connectivity index (χ3n) is 4.08. The molecule has 1 N–H and O–H groups in total. The third kappa shape index (κ3) is 4.82. The maximum atomic E-state index is 13.0. The number of hydrogen-bond acceptors (Lipinski definition) is 6. The summed E-state index contributed by atoms with van der Waals surface area (Å²) < 4.78 is 64.4. The molecular formula is C18H24N2O6S2. The van der Waals surface area contributed by atoms with Crippen molar-refractivity contribution in [2.75, 3.05) is 38.7 Å². The van der Waals surface area contributed by atoms with Crippen LogP contribution < -0.4 is 13.8 Å². The molecule has 0 spiro atoms. The van der Waals surface area contributed by atoms with E-state index in [0.717, 1.165) is 9.87 Å². The Morgan fingerprint density at radius 3 is 2.14 bits per heavy atom. The molecule has 2 rings (SSSR count). The molecule has 28 heavy (non-hydrogen) atoms. The van der Waals surface area contributed by atoms with Crippen LogP contribution in [0.1, 0.15) is 5.56 Å². The van der Waals surface area contributed by atoms with Gasteiger partial charge in [-0.2, -0.15) is 0 Å². The van der Waals surface area contributed by atoms with Crippen molar-refractivity contribution in [2.45, 2.75) is 16.7 Å². The minimum Gasteiger partial charge on any atom is -0.495 e. The van der Waals surface area contributed by atoms with E-state index in [2.05, 4.69) is 4.72 Å². The first-order valence-electron chi connectivity index (χ1n) is 8.35. The van der Waals surface area contributed by atoms with Gasteiger partial charge in [0.05, 0.1) is 29.2 Å². The number of benzene rings is 2. The van der Waals surface area contributed by atoms with Gasteiger partial charge < -0.3 is 9.47 Å². The highest BCUT2D eigenvalue weighted by molar-refractivity contribution is 7.92. The number of nitrogens with one attached hydrogen (secondary N) is 1. The Morgan fingerprint density at radius 2 is 1.57 bits per heavy atom. The van der Waals surface area contributed by atoms with Crippen LogP contribution in [0.25, 0.3) is 0 Å². The maximum Gasteiger partial charge on any atom is 0.264 e. The fourth-order valence-corrected chi connectivity index (χ4v) is 4.67. The van der Waals surface area contributed by atoms with E-state index in [1.807, 2.05) is 6.92 Å². The SMILES string of the molecule is COCCNS(=O)(=O)c1ccc(OC)c(N(C)S(=O)(=O)c2ccc(C)cc2)c1. The number of methoxy groups -OCH3 is 2. The number of nitrogens with zero attached hydrogens (tertiary/aromatic N) is 1. The Morgan fingerprint density at radius 1 is 0.964 bits per heavy atom. The van der Waals surface area contributed by atoms with Crippen molar-refractivity contribution in [3.8, 4) is 5.75 Å². The number of aryl methyl sites for hydroxylation is 1. The number of ether oxygens (including phenoxy) is 2. The second-order valence-electron chi connectivity index (χ2n) is 6.01. The molecule has 0 saturated heterocycles. The molecule has 0 saturated carbocycles. The van der Waals surface area contributed by atoms with E-state index in [-0.39, 0.29) is 34.4 Å². The molecule has 0 atom stereocenters. The Kier molecular flexibility index (Phi) is 7.05. The topological polar surface area (TPSA) is 102 Å². The minimum absolute atomic E-state index is 0.0784. The van der Waals surface area contributed by atoms with E-state index in [0.29, 0.717) is 0 Å². The van der Waals surface area contributed by atoms with Crippen molar-refractivity contribution < 1.29 is 26.3 Å². The summed E-state index contributed by atoms with van der Waals surface area (Å²) in [5, 5.41) is 0. The van der Waals surface area contributed by atoms with Crippen LogP contribution >= 0.6 is 0 Å². The number of rotatable bonds is 9. The van der Waals surface area contributed by atoms with Gasteiger partial charge in [-0.1, -0.05) is 17.7 Å². The molecule has 10 heteroatoms. The summed E-state index contributed by atoms with van der Waals surface area (Å²) in [5.74, 6) is 0.231. The van der Waals surface area contributed by atoms with Gasteiger partial charge in [-0.05, 0) is 37.3 Å². The minimum atomic E-state index is -3.91. The summed E-state index contributed by atoms with van der Waals surface area (Å²) in [6.45, 7) is 2.16. The first kappa shape index (κ1) is 22.2. The van der Waals surface area contributed by atoms with Crippen LogP contribution in [0.4, 0.5) is 5.69 Å². The molecule has 0 fully saturated rings. The molecule has 0 radical (unpaired) electrons. The fraction of sp³-hybridized carbons (Fsp3) is 0.333. The van der Waals surface area contributed by atoms with E-state index in [9.17, 15) is 16.8 Å². The van der Waals surface area contributed by atoms with Gasteiger partial charge in [-0.3, -0.25) is 4.31 Å². The summed E-state index contributed by atoms with van der Waals surface area (Å²) in [6, 6.07) is 10.4. The Hall–Kier alpha value is -2.14. The van der Waals surface area contributed by atoms with E-state index in [1.54, 1.807) is 12.1 Å². The van der Waals surface area contributed by atoms with Crippen molar-refractivity contribution in [2.24, 2.45) is 0 Å².